The van der Waals surface area contributed by atoms with Crippen LogP contribution in [0.15, 0.2) is 47.5 Å². The van der Waals surface area contributed by atoms with E-state index >= 15 is 0 Å². The molecule has 35 heavy (non-hydrogen) atoms. The number of hydrogen-bond donors (Lipinski definition) is 2. The van der Waals surface area contributed by atoms with E-state index in [4.69, 9.17) is 4.98 Å². The Morgan fingerprint density at radius 2 is 2.00 bits per heavy atom. The van der Waals surface area contributed by atoms with Crippen LogP contribution in [0, 0.1) is 11.3 Å². The summed E-state index contributed by atoms with van der Waals surface area (Å²) in [6.45, 7) is 9.37. The van der Waals surface area contributed by atoms with Crippen molar-refractivity contribution in [2.45, 2.75) is 52.1 Å². The number of nitrogens with one attached hydrogen (secondary N) is 2. The maximum Gasteiger partial charge on any atom is 0.278 e. The van der Waals surface area contributed by atoms with Gasteiger partial charge in [0, 0.05) is 30.7 Å². The van der Waals surface area contributed by atoms with Crippen molar-refractivity contribution < 1.29 is 0 Å². The number of hydrogen-bond acceptors (Lipinski definition) is 7. The maximum absolute atomic E-state index is 13.3. The van der Waals surface area contributed by atoms with Gasteiger partial charge in [-0.2, -0.15) is 10.2 Å². The zero-order valence-corrected chi connectivity index (χ0v) is 20.3. The van der Waals surface area contributed by atoms with E-state index in [2.05, 4.69) is 38.8 Å². The van der Waals surface area contributed by atoms with Crippen LogP contribution in [0.3, 0.4) is 0 Å². The zero-order valence-electron chi connectivity index (χ0n) is 20.3. The minimum absolute atomic E-state index is 0.123. The number of aromatic nitrogens is 5. The largest absolute Gasteiger partial charge is 0.324 e. The molecule has 1 aliphatic rings. The van der Waals surface area contributed by atoms with Crippen molar-refractivity contribution in [2.24, 2.45) is 0 Å². The maximum atomic E-state index is 13.3. The number of anilines is 2. The molecule has 3 aromatic heterocycles. The van der Waals surface area contributed by atoms with Crippen LogP contribution in [0.25, 0.3) is 16.7 Å². The van der Waals surface area contributed by atoms with Crippen LogP contribution in [0.1, 0.15) is 50.6 Å². The summed E-state index contributed by atoms with van der Waals surface area (Å²) in [5.41, 5.74) is 4.39. The van der Waals surface area contributed by atoms with Gasteiger partial charge in [-0.05, 0) is 76.1 Å². The molecular weight excluding hydrogens is 440 g/mol. The summed E-state index contributed by atoms with van der Waals surface area (Å²) in [5, 5.41) is 16.7. The summed E-state index contributed by atoms with van der Waals surface area (Å²) in [6.07, 6.45) is 4.25. The molecule has 178 valence electrons. The van der Waals surface area contributed by atoms with Gasteiger partial charge >= 0.3 is 0 Å². The van der Waals surface area contributed by atoms with Crippen LogP contribution in [0.2, 0.25) is 0 Å². The topological polar surface area (TPSA) is 113 Å². The van der Waals surface area contributed by atoms with E-state index in [1.165, 1.54) is 11.1 Å². The Kier molecular flexibility index (Phi) is 5.61. The highest BCUT2D eigenvalue weighted by Crippen LogP contribution is 2.26. The molecule has 0 aliphatic carbocycles. The Labute approximate surface area is 203 Å². The quantitative estimate of drug-likeness (QED) is 0.459. The number of fused-ring (bicyclic) bond motifs is 2. The molecule has 9 nitrogen and oxygen atoms in total. The molecule has 0 bridgehead atoms. The van der Waals surface area contributed by atoms with Crippen LogP contribution >= 0.6 is 0 Å². The molecule has 0 unspecified atom stereocenters. The third-order valence-corrected chi connectivity index (χ3v) is 6.37. The lowest BCUT2D eigenvalue weighted by Gasteiger charge is -2.19. The predicted molar refractivity (Wildman–Crippen MR) is 135 cm³/mol. The van der Waals surface area contributed by atoms with Crippen molar-refractivity contribution in [2.75, 3.05) is 11.9 Å². The predicted octanol–water partition coefficient (Wildman–Crippen LogP) is 3.75. The normalized spacial score (nSPS) is 13.6. The molecule has 0 radical (unpaired) electrons. The zero-order chi connectivity index (χ0) is 24.7. The van der Waals surface area contributed by atoms with Crippen molar-refractivity contribution in [3.8, 4) is 11.8 Å². The Morgan fingerprint density at radius 1 is 1.17 bits per heavy atom. The molecule has 0 saturated heterocycles. The highest BCUT2D eigenvalue weighted by Gasteiger charge is 2.24. The molecule has 4 heterocycles. The highest BCUT2D eigenvalue weighted by atomic mass is 16.1. The van der Waals surface area contributed by atoms with E-state index in [1.54, 1.807) is 21.8 Å². The smallest absolute Gasteiger partial charge is 0.278 e. The molecule has 4 aromatic rings. The molecular formula is C26H28N8O. The minimum atomic E-state index is -0.773. The van der Waals surface area contributed by atoms with Gasteiger partial charge in [0.05, 0.1) is 22.9 Å². The molecule has 0 spiro atoms. The lowest BCUT2D eigenvalue weighted by atomic mass is 9.91. The summed E-state index contributed by atoms with van der Waals surface area (Å²) in [4.78, 5) is 26.9. The van der Waals surface area contributed by atoms with E-state index in [1.807, 2.05) is 45.9 Å². The van der Waals surface area contributed by atoms with Gasteiger partial charge in [0.15, 0.2) is 5.65 Å². The Balaban J connectivity index is 1.63. The first-order chi connectivity index (χ1) is 16.8. The van der Waals surface area contributed by atoms with Gasteiger partial charge in [0.25, 0.3) is 5.56 Å². The third kappa shape index (κ3) is 4.06. The second-order valence-corrected chi connectivity index (χ2v) is 9.66. The summed E-state index contributed by atoms with van der Waals surface area (Å²) in [7, 11) is 0. The van der Waals surface area contributed by atoms with Crippen LogP contribution < -0.4 is 16.2 Å². The van der Waals surface area contributed by atoms with E-state index in [-0.39, 0.29) is 11.6 Å². The van der Waals surface area contributed by atoms with E-state index in [0.29, 0.717) is 28.4 Å². The summed E-state index contributed by atoms with van der Waals surface area (Å²) in [6, 6.07) is 12.1. The van der Waals surface area contributed by atoms with Gasteiger partial charge in [0.1, 0.15) is 5.39 Å². The van der Waals surface area contributed by atoms with Crippen molar-refractivity contribution in [3.05, 3.63) is 69.9 Å². The monoisotopic (exact) mass is 468 g/mol. The lowest BCUT2D eigenvalue weighted by Crippen LogP contribution is -2.24. The Bertz CT molecular complexity index is 1520. The molecule has 1 aliphatic heterocycles. The molecule has 2 N–H and O–H groups in total. The van der Waals surface area contributed by atoms with Crippen LogP contribution in [-0.2, 0) is 18.4 Å². The van der Waals surface area contributed by atoms with E-state index in [9.17, 15) is 10.1 Å². The summed E-state index contributed by atoms with van der Waals surface area (Å²) in [5.74, 6) is 0.405. The molecule has 1 aromatic carbocycles. The Hall–Kier alpha value is -4.03. The summed E-state index contributed by atoms with van der Waals surface area (Å²) < 4.78 is 3.46. The summed E-state index contributed by atoms with van der Waals surface area (Å²) >= 11 is 0. The molecule has 0 saturated carbocycles. The van der Waals surface area contributed by atoms with Gasteiger partial charge in [-0.1, -0.05) is 6.07 Å². The number of nitriles is 1. The third-order valence-electron chi connectivity index (χ3n) is 6.37. The van der Waals surface area contributed by atoms with Crippen molar-refractivity contribution in [1.29, 1.82) is 5.26 Å². The average molecular weight is 469 g/mol. The first-order valence-corrected chi connectivity index (χ1v) is 11.8. The first-order valence-electron chi connectivity index (χ1n) is 11.8. The van der Waals surface area contributed by atoms with Crippen molar-refractivity contribution in [3.63, 3.8) is 0 Å². The number of pyridine rings is 1. The molecule has 9 heteroatoms. The van der Waals surface area contributed by atoms with Gasteiger partial charge in [-0.15, -0.1) is 0 Å². The van der Waals surface area contributed by atoms with Crippen LogP contribution in [0.4, 0.5) is 11.6 Å². The fourth-order valence-electron chi connectivity index (χ4n) is 4.41. The number of rotatable bonds is 5. The van der Waals surface area contributed by atoms with Gasteiger partial charge in [0.2, 0.25) is 5.95 Å². The highest BCUT2D eigenvalue weighted by molar-refractivity contribution is 5.77. The Morgan fingerprint density at radius 3 is 2.77 bits per heavy atom. The van der Waals surface area contributed by atoms with Crippen LogP contribution in [0.5, 0.6) is 0 Å². The second kappa shape index (κ2) is 8.64. The van der Waals surface area contributed by atoms with Gasteiger partial charge in [-0.3, -0.25) is 9.78 Å². The molecule has 0 amide bonds. The fourth-order valence-corrected chi connectivity index (χ4v) is 4.41. The SMILES string of the molecule is CC(C)n1c(=O)c2cnc(Nc3ccc4c(c3)CNCC4)nc2n1-c1ccnc(C(C)(C)C#N)c1. The van der Waals surface area contributed by atoms with Gasteiger partial charge < -0.3 is 10.6 Å². The fraction of sp³-hybridized carbons (Fsp3) is 0.346. The minimum Gasteiger partial charge on any atom is -0.324 e. The first kappa shape index (κ1) is 22.7. The number of nitrogens with zero attached hydrogens (tertiary/aromatic N) is 6. The van der Waals surface area contributed by atoms with Crippen molar-refractivity contribution >= 4 is 22.7 Å². The van der Waals surface area contributed by atoms with Crippen LogP contribution in [-0.4, -0.2) is 30.9 Å². The average Bonchev–Trinajstić information content (AvgIpc) is 3.16. The molecule has 0 atom stereocenters. The molecule has 0 fully saturated rings. The van der Waals surface area contributed by atoms with E-state index < -0.39 is 5.41 Å². The lowest BCUT2D eigenvalue weighted by molar-refractivity contribution is 0.475. The molecule has 5 rings (SSSR count). The second-order valence-electron chi connectivity index (χ2n) is 9.66. The van der Waals surface area contributed by atoms with Crippen molar-refractivity contribution in [1.82, 2.24) is 29.6 Å². The standard InChI is InChI=1S/C26H28N8O/c1-16(2)33-24(35)21-14-30-25(31-19-6-5-17-7-9-28-13-18(17)11-19)32-23(21)34(33)20-8-10-29-22(12-20)26(3,4)15-27/h5-6,8,10-12,14,16,28H,7,9,13H2,1-4H3,(H,30,31,32). The number of benzene rings is 1. The van der Waals surface area contributed by atoms with E-state index in [0.717, 1.165) is 25.2 Å². The van der Waals surface area contributed by atoms with Gasteiger partial charge in [-0.25, -0.2) is 14.3 Å².